The Labute approximate surface area is 188 Å². The predicted octanol–water partition coefficient (Wildman–Crippen LogP) is 4.16. The van der Waals surface area contributed by atoms with Crippen LogP contribution in [0.2, 0.25) is 5.02 Å². The summed E-state index contributed by atoms with van der Waals surface area (Å²) >= 11 is 6.26. The van der Waals surface area contributed by atoms with Crippen LogP contribution in [0.1, 0.15) is 61.6 Å². The second-order valence-corrected chi connectivity index (χ2v) is 8.82. The van der Waals surface area contributed by atoms with Crippen molar-refractivity contribution in [1.82, 2.24) is 29.4 Å². The standard InChI is InChI=1S/C23H31ClN6O/c1-18(10-15-29-14-7-11-26-29)25-16-20-22(27-21-9-8-19(24)17-30(20)21)23(31)28-12-5-3-2-4-6-13-28/h7-9,11,14,17-18,25H,2-6,10,12-13,15-16H2,1H3. The summed E-state index contributed by atoms with van der Waals surface area (Å²) in [5, 5.41) is 8.45. The number of aromatic nitrogens is 4. The molecule has 1 aliphatic rings. The number of hydrogen-bond acceptors (Lipinski definition) is 4. The molecule has 166 valence electrons. The van der Waals surface area contributed by atoms with E-state index in [0.29, 0.717) is 17.3 Å². The van der Waals surface area contributed by atoms with Crippen LogP contribution in [0, 0.1) is 0 Å². The summed E-state index contributed by atoms with van der Waals surface area (Å²) in [5.41, 5.74) is 2.16. The molecular weight excluding hydrogens is 412 g/mol. The first-order valence-corrected chi connectivity index (χ1v) is 11.7. The number of halogens is 1. The first kappa shape index (κ1) is 21.8. The third kappa shape index (κ3) is 5.46. The second-order valence-electron chi connectivity index (χ2n) is 8.38. The topological polar surface area (TPSA) is 67.5 Å². The summed E-state index contributed by atoms with van der Waals surface area (Å²) in [6.07, 6.45) is 12.3. The monoisotopic (exact) mass is 442 g/mol. The van der Waals surface area contributed by atoms with Crippen LogP contribution >= 0.6 is 11.6 Å². The number of amides is 1. The van der Waals surface area contributed by atoms with Crippen molar-refractivity contribution in [3.8, 4) is 0 Å². The molecular formula is C23H31ClN6O. The van der Waals surface area contributed by atoms with Crippen molar-refractivity contribution < 1.29 is 4.79 Å². The van der Waals surface area contributed by atoms with E-state index in [9.17, 15) is 4.79 Å². The summed E-state index contributed by atoms with van der Waals surface area (Å²) in [4.78, 5) is 20.1. The molecule has 0 bridgehead atoms. The number of aryl methyl sites for hydroxylation is 1. The van der Waals surface area contributed by atoms with Crippen molar-refractivity contribution in [2.24, 2.45) is 0 Å². The van der Waals surface area contributed by atoms with Gasteiger partial charge in [0.2, 0.25) is 0 Å². The van der Waals surface area contributed by atoms with Crippen molar-refractivity contribution in [1.29, 1.82) is 0 Å². The van der Waals surface area contributed by atoms with Crippen LogP contribution in [-0.4, -0.2) is 49.1 Å². The molecule has 0 spiro atoms. The lowest BCUT2D eigenvalue weighted by molar-refractivity contribution is 0.0735. The number of likely N-dealkylation sites (tertiary alicyclic amines) is 1. The van der Waals surface area contributed by atoms with Crippen LogP contribution < -0.4 is 5.32 Å². The first-order valence-electron chi connectivity index (χ1n) is 11.3. The molecule has 1 aliphatic heterocycles. The van der Waals surface area contributed by atoms with E-state index in [1.54, 1.807) is 6.20 Å². The molecule has 4 heterocycles. The highest BCUT2D eigenvalue weighted by atomic mass is 35.5. The van der Waals surface area contributed by atoms with Gasteiger partial charge < -0.3 is 14.6 Å². The zero-order chi connectivity index (χ0) is 21.6. The quantitative estimate of drug-likeness (QED) is 0.596. The largest absolute Gasteiger partial charge is 0.337 e. The number of carbonyl (C=O) groups excluding carboxylic acids is 1. The summed E-state index contributed by atoms with van der Waals surface area (Å²) in [7, 11) is 0. The van der Waals surface area contributed by atoms with Gasteiger partial charge in [-0.05, 0) is 44.4 Å². The molecule has 1 N–H and O–H groups in total. The fourth-order valence-electron chi connectivity index (χ4n) is 4.14. The molecule has 0 aromatic carbocycles. The highest BCUT2D eigenvalue weighted by Crippen LogP contribution is 2.20. The average molecular weight is 443 g/mol. The van der Waals surface area contributed by atoms with E-state index < -0.39 is 0 Å². The molecule has 3 aromatic heterocycles. The number of nitrogens with zero attached hydrogens (tertiary/aromatic N) is 5. The molecule has 4 rings (SSSR count). The highest BCUT2D eigenvalue weighted by Gasteiger charge is 2.24. The van der Waals surface area contributed by atoms with Gasteiger partial charge in [0.15, 0.2) is 5.69 Å². The Balaban J connectivity index is 1.52. The van der Waals surface area contributed by atoms with Crippen molar-refractivity contribution in [3.05, 3.63) is 53.2 Å². The van der Waals surface area contributed by atoms with Gasteiger partial charge in [-0.2, -0.15) is 5.10 Å². The van der Waals surface area contributed by atoms with Gasteiger partial charge in [-0.15, -0.1) is 0 Å². The molecule has 1 unspecified atom stereocenters. The number of carbonyl (C=O) groups is 1. The molecule has 1 fully saturated rings. The van der Waals surface area contributed by atoms with Gasteiger partial charge >= 0.3 is 0 Å². The van der Waals surface area contributed by atoms with Gasteiger partial charge in [-0.25, -0.2) is 4.98 Å². The lowest BCUT2D eigenvalue weighted by Crippen LogP contribution is -2.35. The Morgan fingerprint density at radius 1 is 1.19 bits per heavy atom. The number of nitrogens with one attached hydrogen (secondary N) is 1. The van der Waals surface area contributed by atoms with E-state index in [-0.39, 0.29) is 11.9 Å². The molecule has 0 radical (unpaired) electrons. The molecule has 3 aromatic rings. The molecule has 7 nitrogen and oxygen atoms in total. The molecule has 1 amide bonds. The van der Waals surface area contributed by atoms with Crippen molar-refractivity contribution in [3.63, 3.8) is 0 Å². The summed E-state index contributed by atoms with van der Waals surface area (Å²) in [6, 6.07) is 5.89. The van der Waals surface area contributed by atoms with Crippen LogP contribution in [0.15, 0.2) is 36.8 Å². The lowest BCUT2D eigenvalue weighted by Gasteiger charge is -2.24. The molecule has 1 saturated heterocycles. The SMILES string of the molecule is CC(CCn1cccn1)NCc1c(C(=O)N2CCCCCCC2)nc2ccc(Cl)cn12. The first-order chi connectivity index (χ1) is 15.1. The van der Waals surface area contributed by atoms with E-state index >= 15 is 0 Å². The van der Waals surface area contributed by atoms with Gasteiger partial charge in [0.05, 0.1) is 10.7 Å². The highest BCUT2D eigenvalue weighted by molar-refractivity contribution is 6.30. The Kier molecular flexibility index (Phi) is 7.25. The van der Waals surface area contributed by atoms with Crippen LogP contribution in [0.25, 0.3) is 5.65 Å². The fraction of sp³-hybridized carbons (Fsp3) is 0.522. The third-order valence-electron chi connectivity index (χ3n) is 6.00. The van der Waals surface area contributed by atoms with Crippen LogP contribution in [0.3, 0.4) is 0 Å². The van der Waals surface area contributed by atoms with Crippen LogP contribution in [-0.2, 0) is 13.1 Å². The smallest absolute Gasteiger partial charge is 0.274 e. The molecule has 1 atom stereocenters. The van der Waals surface area contributed by atoms with Crippen LogP contribution in [0.5, 0.6) is 0 Å². The van der Waals surface area contributed by atoms with E-state index in [4.69, 9.17) is 16.6 Å². The third-order valence-corrected chi connectivity index (χ3v) is 6.22. The van der Waals surface area contributed by atoms with E-state index in [1.165, 1.54) is 19.3 Å². The summed E-state index contributed by atoms with van der Waals surface area (Å²) in [5.74, 6) is 0.0303. The van der Waals surface area contributed by atoms with Gasteiger partial charge in [0.25, 0.3) is 5.91 Å². The zero-order valence-electron chi connectivity index (χ0n) is 18.1. The Morgan fingerprint density at radius 3 is 2.71 bits per heavy atom. The number of fused-ring (bicyclic) bond motifs is 1. The molecule has 0 saturated carbocycles. The normalized spacial score (nSPS) is 16.3. The van der Waals surface area contributed by atoms with Crippen molar-refractivity contribution >= 4 is 23.2 Å². The number of imidazole rings is 1. The zero-order valence-corrected chi connectivity index (χ0v) is 18.9. The van der Waals surface area contributed by atoms with Gasteiger partial charge in [0, 0.05) is 50.8 Å². The molecule has 31 heavy (non-hydrogen) atoms. The lowest BCUT2D eigenvalue weighted by atomic mass is 10.1. The Bertz CT molecular complexity index is 991. The minimum Gasteiger partial charge on any atom is -0.337 e. The second kappa shape index (κ2) is 10.3. The number of rotatable bonds is 7. The summed E-state index contributed by atoms with van der Waals surface area (Å²) in [6.45, 7) is 5.16. The predicted molar refractivity (Wildman–Crippen MR) is 122 cm³/mol. The Morgan fingerprint density at radius 2 is 1.97 bits per heavy atom. The number of hydrogen-bond donors (Lipinski definition) is 1. The maximum absolute atomic E-state index is 13.4. The fourth-order valence-corrected chi connectivity index (χ4v) is 4.30. The average Bonchev–Trinajstić information content (AvgIpc) is 3.37. The molecule has 8 heteroatoms. The Hall–Kier alpha value is -2.38. The van der Waals surface area contributed by atoms with Gasteiger partial charge in [0.1, 0.15) is 5.65 Å². The van der Waals surface area contributed by atoms with Crippen molar-refractivity contribution in [2.45, 2.75) is 64.6 Å². The van der Waals surface area contributed by atoms with Crippen molar-refractivity contribution in [2.75, 3.05) is 13.1 Å². The minimum absolute atomic E-state index is 0.0303. The maximum atomic E-state index is 13.4. The van der Waals surface area contributed by atoms with Gasteiger partial charge in [-0.1, -0.05) is 30.9 Å². The van der Waals surface area contributed by atoms with E-state index in [2.05, 4.69) is 17.3 Å². The van der Waals surface area contributed by atoms with Gasteiger partial charge in [-0.3, -0.25) is 9.48 Å². The van der Waals surface area contributed by atoms with E-state index in [1.807, 2.05) is 44.6 Å². The minimum atomic E-state index is 0.0303. The van der Waals surface area contributed by atoms with Crippen LogP contribution in [0.4, 0.5) is 0 Å². The number of pyridine rings is 1. The van der Waals surface area contributed by atoms with E-state index in [0.717, 1.165) is 50.2 Å². The summed E-state index contributed by atoms with van der Waals surface area (Å²) < 4.78 is 3.88. The molecule has 0 aliphatic carbocycles. The maximum Gasteiger partial charge on any atom is 0.274 e.